The Balaban J connectivity index is 1.84. The zero-order valence-electron chi connectivity index (χ0n) is 33.0. The summed E-state index contributed by atoms with van der Waals surface area (Å²) in [5.74, 6) is -7.51. The first kappa shape index (κ1) is 45.2. The fourth-order valence-corrected chi connectivity index (χ4v) is 6.81. The Morgan fingerprint density at radius 1 is 0.741 bits per heavy atom. The first-order chi connectivity index (χ1) is 27.5. The van der Waals surface area contributed by atoms with Gasteiger partial charge in [-0.25, -0.2) is 0 Å². The van der Waals surface area contributed by atoms with Crippen molar-refractivity contribution in [1.29, 1.82) is 0 Å². The van der Waals surface area contributed by atoms with Gasteiger partial charge in [-0.1, -0.05) is 76.0 Å². The molecule has 1 fully saturated rings. The first-order valence-corrected chi connectivity index (χ1v) is 19.7. The van der Waals surface area contributed by atoms with Gasteiger partial charge >= 0.3 is 0 Å². The monoisotopic (exact) mass is 823 g/mol. The van der Waals surface area contributed by atoms with Crippen LogP contribution in [-0.4, -0.2) is 100 Å². The molecule has 8 atom stereocenters. The minimum absolute atomic E-state index is 0.0267. The van der Waals surface area contributed by atoms with E-state index in [0.717, 1.165) is 0 Å². The van der Waals surface area contributed by atoms with Gasteiger partial charge < -0.3 is 53.5 Å². The quantitative estimate of drug-likeness (QED) is 0.116. The molecule has 12 N–H and O–H groups in total. The van der Waals surface area contributed by atoms with Crippen molar-refractivity contribution in [3.05, 3.63) is 70.9 Å². The molecule has 58 heavy (non-hydrogen) atoms. The van der Waals surface area contributed by atoms with E-state index in [-0.39, 0.29) is 32.2 Å². The summed E-state index contributed by atoms with van der Waals surface area (Å²) < 4.78 is 0. The topological polar surface area (TPSA) is 280 Å². The van der Waals surface area contributed by atoms with Crippen LogP contribution in [0.5, 0.6) is 0 Å². The van der Waals surface area contributed by atoms with E-state index in [9.17, 15) is 38.7 Å². The maximum Gasteiger partial charge on any atom is 0.248 e. The number of halogens is 1. The van der Waals surface area contributed by atoms with E-state index in [4.69, 9.17) is 23.1 Å². The Labute approximate surface area is 341 Å². The number of amides is 7. The molecule has 0 spiro atoms. The molecule has 3 aromatic rings. The van der Waals surface area contributed by atoms with E-state index < -0.39 is 95.5 Å². The zero-order chi connectivity index (χ0) is 42.7. The molecule has 1 aliphatic rings. The minimum Gasteiger partial charge on any atom is -0.381 e. The van der Waals surface area contributed by atoms with E-state index >= 15 is 0 Å². The lowest BCUT2D eigenvalue weighted by atomic mass is 9.96. The summed E-state index contributed by atoms with van der Waals surface area (Å²) in [6, 6.07) is 5.40. The van der Waals surface area contributed by atoms with Crippen molar-refractivity contribution in [2.75, 3.05) is 6.54 Å². The number of nitrogens with one attached hydrogen (secondary N) is 7. The predicted octanol–water partition coefficient (Wildman–Crippen LogP) is -0.184. The molecule has 0 aliphatic carbocycles. The third kappa shape index (κ3) is 11.8. The zero-order valence-corrected chi connectivity index (χ0v) is 33.7. The molecular formula is C40H54ClN9O8. The number of carbonyl (C=O) groups excluding carboxylic acids is 7. The largest absolute Gasteiger partial charge is 0.381 e. The smallest absolute Gasteiger partial charge is 0.248 e. The van der Waals surface area contributed by atoms with E-state index in [1.54, 1.807) is 75.5 Å². The number of rotatable bonds is 12. The Morgan fingerprint density at radius 3 is 1.90 bits per heavy atom. The summed E-state index contributed by atoms with van der Waals surface area (Å²) >= 11 is 6.28. The van der Waals surface area contributed by atoms with Gasteiger partial charge in [0.15, 0.2) is 6.10 Å². The lowest BCUT2D eigenvalue weighted by Gasteiger charge is -2.31. The summed E-state index contributed by atoms with van der Waals surface area (Å²) in [7, 11) is 0. The van der Waals surface area contributed by atoms with Crippen molar-refractivity contribution in [1.82, 2.24) is 36.9 Å². The van der Waals surface area contributed by atoms with Crippen LogP contribution >= 0.6 is 11.6 Å². The molecule has 0 saturated carbocycles. The van der Waals surface area contributed by atoms with Gasteiger partial charge in [-0.2, -0.15) is 0 Å². The number of aliphatic hydroxyl groups excluding tert-OH is 1. The number of aromatic nitrogens is 1. The third-order valence-corrected chi connectivity index (χ3v) is 10.5. The highest BCUT2D eigenvalue weighted by atomic mass is 35.5. The molecule has 2 aromatic carbocycles. The SMILES string of the molecule is CC[C@@H](C)[C@@H]1NC(=O)[C@@H](Cc2ccccc2)NC(=O)[C@@H](C(C)C)NC(=O)[C@H](Cc2c[nH]c3ccc(Cl)cc23)NC(=O)[C@@H]([C@H](O)C(N)=O)NC(=O)[C@H](CCCN)NC1=O. The van der Waals surface area contributed by atoms with Gasteiger partial charge in [0, 0.05) is 35.0 Å². The average molecular weight is 824 g/mol. The average Bonchev–Trinajstić information content (AvgIpc) is 3.58. The van der Waals surface area contributed by atoms with Crippen molar-refractivity contribution in [2.24, 2.45) is 23.3 Å². The summed E-state index contributed by atoms with van der Waals surface area (Å²) in [5, 5.41) is 27.7. The Morgan fingerprint density at radius 2 is 1.29 bits per heavy atom. The lowest BCUT2D eigenvalue weighted by Crippen LogP contribution is -2.65. The molecule has 4 rings (SSSR count). The van der Waals surface area contributed by atoms with Gasteiger partial charge in [0.05, 0.1) is 0 Å². The number of benzene rings is 2. The van der Waals surface area contributed by atoms with Gasteiger partial charge in [0.1, 0.15) is 36.3 Å². The van der Waals surface area contributed by atoms with Gasteiger partial charge in [-0.15, -0.1) is 0 Å². The van der Waals surface area contributed by atoms with Crippen LogP contribution in [0.15, 0.2) is 54.7 Å². The van der Waals surface area contributed by atoms with Crippen LogP contribution in [0.1, 0.15) is 58.1 Å². The van der Waals surface area contributed by atoms with Crippen LogP contribution in [-0.2, 0) is 46.4 Å². The second-order valence-corrected chi connectivity index (χ2v) is 15.4. The number of aliphatic hydroxyl groups is 1. The molecule has 0 radical (unpaired) electrons. The van der Waals surface area contributed by atoms with Crippen LogP contribution in [0.25, 0.3) is 10.9 Å². The Bertz CT molecular complexity index is 1960. The lowest BCUT2D eigenvalue weighted by molar-refractivity contribution is -0.141. The molecule has 1 aromatic heterocycles. The number of primary amides is 1. The first-order valence-electron chi connectivity index (χ1n) is 19.3. The predicted molar refractivity (Wildman–Crippen MR) is 217 cm³/mol. The number of fused-ring (bicyclic) bond motifs is 1. The summed E-state index contributed by atoms with van der Waals surface area (Å²) in [6.45, 7) is 7.01. The van der Waals surface area contributed by atoms with E-state index in [1.165, 1.54) is 0 Å². The second-order valence-electron chi connectivity index (χ2n) is 14.9. The molecule has 314 valence electrons. The van der Waals surface area contributed by atoms with Crippen molar-refractivity contribution in [3.8, 4) is 0 Å². The molecule has 18 heteroatoms. The Hall–Kier alpha value is -5.52. The molecule has 7 amide bonds. The third-order valence-electron chi connectivity index (χ3n) is 10.3. The molecule has 0 bridgehead atoms. The normalized spacial score (nSPS) is 24.0. The van der Waals surface area contributed by atoms with Crippen LogP contribution in [0, 0.1) is 11.8 Å². The highest BCUT2D eigenvalue weighted by Crippen LogP contribution is 2.24. The fraction of sp³-hybridized carbons (Fsp3) is 0.475. The maximum absolute atomic E-state index is 14.3. The highest BCUT2D eigenvalue weighted by Gasteiger charge is 2.39. The number of hydrogen-bond donors (Lipinski definition) is 10. The summed E-state index contributed by atoms with van der Waals surface area (Å²) in [4.78, 5) is 99.9. The van der Waals surface area contributed by atoms with E-state index in [1.807, 2.05) is 6.92 Å². The van der Waals surface area contributed by atoms with Crippen molar-refractivity contribution >= 4 is 63.9 Å². The van der Waals surface area contributed by atoms with Gasteiger partial charge in [0.25, 0.3) is 0 Å². The molecule has 17 nitrogen and oxygen atoms in total. The molecule has 0 unspecified atom stereocenters. The van der Waals surface area contributed by atoms with Gasteiger partial charge in [-0.3, -0.25) is 33.6 Å². The van der Waals surface area contributed by atoms with Crippen molar-refractivity contribution in [2.45, 2.75) is 102 Å². The minimum atomic E-state index is -2.28. The van der Waals surface area contributed by atoms with Crippen LogP contribution in [0.3, 0.4) is 0 Å². The Kier molecular flexibility index (Phi) is 16.2. The second kappa shape index (κ2) is 20.8. The highest BCUT2D eigenvalue weighted by molar-refractivity contribution is 6.31. The number of H-pyrrole nitrogens is 1. The van der Waals surface area contributed by atoms with Gasteiger partial charge in [0.2, 0.25) is 41.4 Å². The molecule has 1 saturated heterocycles. The summed E-state index contributed by atoms with van der Waals surface area (Å²) in [5.41, 5.74) is 13.1. The number of aromatic amines is 1. The van der Waals surface area contributed by atoms with Gasteiger partial charge in [-0.05, 0) is 60.5 Å². The number of carbonyl (C=O) groups is 7. The van der Waals surface area contributed by atoms with Crippen LogP contribution in [0.4, 0.5) is 0 Å². The fourth-order valence-electron chi connectivity index (χ4n) is 6.63. The maximum atomic E-state index is 14.3. The van der Waals surface area contributed by atoms with Crippen LogP contribution < -0.4 is 43.4 Å². The van der Waals surface area contributed by atoms with Crippen molar-refractivity contribution < 1.29 is 38.7 Å². The van der Waals surface area contributed by atoms with E-state index in [0.29, 0.717) is 33.5 Å². The molecule has 2 heterocycles. The molecule has 1 aliphatic heterocycles. The number of nitrogens with two attached hydrogens (primary N) is 2. The van der Waals surface area contributed by atoms with E-state index in [2.05, 4.69) is 36.9 Å². The molecular weight excluding hydrogens is 770 g/mol. The standard InChI is InChI=1S/C40H54ClN9O8/c1-5-21(4)31-39(57)45-27(12-9-15-42)35(53)50-32(33(51)34(43)52)40(58)47-29(17-23-19-44-26-14-13-24(41)18-25(23)26)37(55)48-30(20(2)3)38(56)46-28(36(54)49-31)16-22-10-7-6-8-11-22/h6-8,10-11,13-14,18-21,27-33,44,51H,5,9,12,15-17,42H2,1-4H3,(H2,43,52)(H,45,57)(H,46,56)(H,47,58)(H,48,55)(H,49,54)(H,50,53)/t21-,27+,28-,29+,30-,31+,32-,33+/m1/s1. The van der Waals surface area contributed by atoms with Crippen molar-refractivity contribution in [3.63, 3.8) is 0 Å². The summed E-state index contributed by atoms with van der Waals surface area (Å²) in [6.07, 6.45) is -0.212. The number of hydrogen-bond acceptors (Lipinski definition) is 9. The van der Waals surface area contributed by atoms with Crippen LogP contribution in [0.2, 0.25) is 5.02 Å².